The number of nitrogens with one attached hydrogen (secondary N) is 1. The third-order valence-electron chi connectivity index (χ3n) is 4.77. The maximum Gasteiger partial charge on any atom is 0.416 e. The first-order chi connectivity index (χ1) is 16.2. The highest BCUT2D eigenvalue weighted by molar-refractivity contribution is 6.04. The second-order valence-corrected chi connectivity index (χ2v) is 7.15. The monoisotopic (exact) mass is 470 g/mol. The van der Waals surface area contributed by atoms with E-state index < -0.39 is 23.5 Å². The zero-order valence-electron chi connectivity index (χ0n) is 17.8. The maximum atomic E-state index is 13.4. The van der Waals surface area contributed by atoms with Crippen LogP contribution in [0.25, 0.3) is 17.1 Å². The molecule has 0 saturated heterocycles. The zero-order chi connectivity index (χ0) is 24.3. The number of hydrogen-bond acceptors (Lipinski definition) is 4. The van der Waals surface area contributed by atoms with Crippen LogP contribution in [0.2, 0.25) is 0 Å². The highest BCUT2D eigenvalue weighted by atomic mass is 19.4. The molecule has 174 valence electrons. The number of halogens is 4. The fraction of sp³-hybridized carbons (Fsp3) is 0.125. The van der Waals surface area contributed by atoms with Gasteiger partial charge in [-0.1, -0.05) is 24.3 Å². The Morgan fingerprint density at radius 1 is 1.03 bits per heavy atom. The highest BCUT2D eigenvalue weighted by Gasteiger charge is 2.30. The van der Waals surface area contributed by atoms with E-state index in [0.717, 1.165) is 18.2 Å². The van der Waals surface area contributed by atoms with Crippen molar-refractivity contribution >= 4 is 11.6 Å². The Kier molecular flexibility index (Phi) is 6.31. The minimum absolute atomic E-state index is 0.0478. The zero-order valence-corrected chi connectivity index (χ0v) is 17.8. The Labute approximate surface area is 191 Å². The lowest BCUT2D eigenvalue weighted by Gasteiger charge is -2.10. The molecule has 0 atom stereocenters. The van der Waals surface area contributed by atoms with E-state index in [2.05, 4.69) is 15.4 Å². The second-order valence-electron chi connectivity index (χ2n) is 7.15. The van der Waals surface area contributed by atoms with Crippen LogP contribution in [0.4, 0.5) is 23.2 Å². The smallest absolute Gasteiger partial charge is 0.416 e. The van der Waals surface area contributed by atoms with Crippen LogP contribution in [0.5, 0.6) is 6.01 Å². The molecule has 4 rings (SSSR count). The molecule has 0 fully saturated rings. The van der Waals surface area contributed by atoms with Gasteiger partial charge < -0.3 is 10.1 Å². The molecule has 0 aliphatic carbocycles. The lowest BCUT2D eigenvalue weighted by molar-refractivity contribution is -0.137. The number of nitrogens with zero attached hydrogens (tertiary/aromatic N) is 3. The molecule has 6 nitrogen and oxygen atoms in total. The predicted octanol–water partition coefficient (Wildman–Crippen LogP) is 5.74. The van der Waals surface area contributed by atoms with Crippen molar-refractivity contribution in [3.63, 3.8) is 0 Å². The number of rotatable bonds is 6. The average molecular weight is 470 g/mol. The van der Waals surface area contributed by atoms with Gasteiger partial charge in [-0.15, -0.1) is 5.10 Å². The van der Waals surface area contributed by atoms with Crippen LogP contribution in [-0.4, -0.2) is 27.3 Å². The third kappa shape index (κ3) is 5.06. The fourth-order valence-electron chi connectivity index (χ4n) is 3.21. The molecule has 3 aromatic carbocycles. The van der Waals surface area contributed by atoms with Crippen LogP contribution in [0.1, 0.15) is 22.8 Å². The molecule has 0 spiro atoms. The first kappa shape index (κ1) is 23.0. The van der Waals surface area contributed by atoms with Gasteiger partial charge in [0.1, 0.15) is 5.82 Å². The van der Waals surface area contributed by atoms with Gasteiger partial charge in [0.05, 0.1) is 17.9 Å². The highest BCUT2D eigenvalue weighted by Crippen LogP contribution is 2.32. The van der Waals surface area contributed by atoms with Gasteiger partial charge in [0.15, 0.2) is 5.82 Å². The van der Waals surface area contributed by atoms with Crippen LogP contribution < -0.4 is 10.1 Å². The van der Waals surface area contributed by atoms with Gasteiger partial charge in [-0.2, -0.15) is 18.2 Å². The standard InChI is InChI=1S/C24H18F4N4O2/c1-2-34-23-30-21(15-9-11-17(12-10-15)24(26,27)28)32(31-23)20-8-4-7-19(14-20)29-22(33)16-5-3-6-18(25)13-16/h3-14H,2H2,1H3,(H,29,33). The molecule has 0 radical (unpaired) electrons. The molecule has 0 bridgehead atoms. The molecule has 4 aromatic rings. The van der Waals surface area contributed by atoms with E-state index in [1.54, 1.807) is 31.2 Å². The van der Waals surface area contributed by atoms with Crippen molar-refractivity contribution in [2.24, 2.45) is 0 Å². The fourth-order valence-corrected chi connectivity index (χ4v) is 3.21. The van der Waals surface area contributed by atoms with Crippen LogP contribution >= 0.6 is 0 Å². The number of anilines is 1. The lowest BCUT2D eigenvalue weighted by atomic mass is 10.1. The number of benzene rings is 3. The van der Waals surface area contributed by atoms with Crippen molar-refractivity contribution in [3.8, 4) is 23.1 Å². The number of carbonyl (C=O) groups is 1. The summed E-state index contributed by atoms with van der Waals surface area (Å²) in [4.78, 5) is 16.8. The van der Waals surface area contributed by atoms with Gasteiger partial charge in [-0.25, -0.2) is 9.07 Å². The molecule has 1 heterocycles. The number of alkyl halides is 3. The van der Waals surface area contributed by atoms with Crippen LogP contribution in [-0.2, 0) is 6.18 Å². The summed E-state index contributed by atoms with van der Waals surface area (Å²) in [5, 5.41) is 6.99. The maximum absolute atomic E-state index is 13.4. The predicted molar refractivity (Wildman–Crippen MR) is 117 cm³/mol. The SMILES string of the molecule is CCOc1nc(-c2ccc(C(F)(F)F)cc2)n(-c2cccc(NC(=O)c3cccc(F)c3)c2)n1. The van der Waals surface area contributed by atoms with Gasteiger partial charge in [-0.3, -0.25) is 4.79 Å². The summed E-state index contributed by atoms with van der Waals surface area (Å²) >= 11 is 0. The molecule has 0 saturated carbocycles. The topological polar surface area (TPSA) is 69.0 Å². The van der Waals surface area contributed by atoms with Gasteiger partial charge in [0, 0.05) is 16.8 Å². The molecule has 0 unspecified atom stereocenters. The largest absolute Gasteiger partial charge is 0.463 e. The van der Waals surface area contributed by atoms with Crippen molar-refractivity contribution in [1.29, 1.82) is 0 Å². The van der Waals surface area contributed by atoms with E-state index in [0.29, 0.717) is 23.5 Å². The number of carbonyl (C=O) groups excluding carboxylic acids is 1. The summed E-state index contributed by atoms with van der Waals surface area (Å²) in [6.07, 6.45) is -4.46. The lowest BCUT2D eigenvalue weighted by Crippen LogP contribution is -2.12. The quantitative estimate of drug-likeness (QED) is 0.365. The van der Waals surface area contributed by atoms with Gasteiger partial charge in [0.25, 0.3) is 5.91 Å². The van der Waals surface area contributed by atoms with Crippen molar-refractivity contribution in [2.45, 2.75) is 13.1 Å². The summed E-state index contributed by atoms with van der Waals surface area (Å²) in [5.74, 6) is -0.785. The molecular weight excluding hydrogens is 452 g/mol. The molecular formula is C24H18F4N4O2. The normalized spacial score (nSPS) is 11.3. The van der Waals surface area contributed by atoms with Crippen molar-refractivity contribution in [2.75, 3.05) is 11.9 Å². The molecule has 1 amide bonds. The van der Waals surface area contributed by atoms with Crippen molar-refractivity contribution < 1.29 is 27.1 Å². The Morgan fingerprint density at radius 3 is 2.44 bits per heavy atom. The Bertz CT molecular complexity index is 1320. The van der Waals surface area contributed by atoms with E-state index in [4.69, 9.17) is 4.74 Å². The Morgan fingerprint density at radius 2 is 1.76 bits per heavy atom. The van der Waals surface area contributed by atoms with Crippen molar-refractivity contribution in [1.82, 2.24) is 14.8 Å². The van der Waals surface area contributed by atoms with E-state index in [1.807, 2.05) is 0 Å². The first-order valence-corrected chi connectivity index (χ1v) is 10.2. The van der Waals surface area contributed by atoms with Crippen molar-refractivity contribution in [3.05, 3.63) is 89.7 Å². The molecule has 0 aliphatic heterocycles. The number of hydrogen-bond donors (Lipinski definition) is 1. The summed E-state index contributed by atoms with van der Waals surface area (Å²) in [7, 11) is 0. The molecule has 10 heteroatoms. The van der Waals surface area contributed by atoms with E-state index in [9.17, 15) is 22.4 Å². The van der Waals surface area contributed by atoms with E-state index >= 15 is 0 Å². The molecule has 1 N–H and O–H groups in total. The molecule has 0 aliphatic rings. The van der Waals surface area contributed by atoms with Gasteiger partial charge in [-0.05, 0) is 55.5 Å². The Balaban J connectivity index is 1.68. The van der Waals surface area contributed by atoms with Crippen LogP contribution in [0.15, 0.2) is 72.8 Å². The molecule has 34 heavy (non-hydrogen) atoms. The number of amides is 1. The van der Waals surface area contributed by atoms with E-state index in [-0.39, 0.29) is 17.4 Å². The molecule has 1 aromatic heterocycles. The van der Waals surface area contributed by atoms with Crippen LogP contribution in [0.3, 0.4) is 0 Å². The Hall–Kier alpha value is -4.21. The van der Waals surface area contributed by atoms with Crippen LogP contribution in [0, 0.1) is 5.82 Å². The average Bonchev–Trinajstić information content (AvgIpc) is 3.23. The second kappa shape index (κ2) is 9.34. The van der Waals surface area contributed by atoms with Gasteiger partial charge >= 0.3 is 12.2 Å². The number of ether oxygens (including phenoxy) is 1. The minimum Gasteiger partial charge on any atom is -0.463 e. The van der Waals surface area contributed by atoms with Gasteiger partial charge in [0.2, 0.25) is 0 Å². The number of aromatic nitrogens is 3. The first-order valence-electron chi connectivity index (χ1n) is 10.2. The minimum atomic E-state index is -4.46. The summed E-state index contributed by atoms with van der Waals surface area (Å²) in [5.41, 5.74) is 0.634. The summed E-state index contributed by atoms with van der Waals surface area (Å²) < 4.78 is 59.1. The summed E-state index contributed by atoms with van der Waals surface area (Å²) in [6, 6.07) is 16.4. The van der Waals surface area contributed by atoms with E-state index in [1.165, 1.54) is 35.0 Å². The summed E-state index contributed by atoms with van der Waals surface area (Å²) in [6.45, 7) is 2.04. The third-order valence-corrected chi connectivity index (χ3v) is 4.77.